The smallest absolute Gasteiger partial charge is 0.315 e. The van der Waals surface area contributed by atoms with Crippen molar-refractivity contribution in [3.05, 3.63) is 58.0 Å². The molecule has 0 bridgehead atoms. The molecule has 2 amide bonds. The van der Waals surface area contributed by atoms with E-state index in [0.717, 1.165) is 16.9 Å². The molecule has 1 aromatic heterocycles. The molecule has 0 fully saturated rings. The second-order valence-electron chi connectivity index (χ2n) is 5.87. The van der Waals surface area contributed by atoms with Gasteiger partial charge in [0.25, 0.3) is 0 Å². The van der Waals surface area contributed by atoms with Gasteiger partial charge in [0.2, 0.25) is 0 Å². The number of rotatable bonds is 7. The quantitative estimate of drug-likeness (QED) is 0.795. The maximum Gasteiger partial charge on any atom is 0.315 e. The Hall–Kier alpha value is -1.92. The number of thiophene rings is 1. The van der Waals surface area contributed by atoms with Crippen LogP contribution in [-0.2, 0) is 0 Å². The molecule has 0 spiro atoms. The number of likely N-dealkylation sites (N-methyl/N-ethyl adjacent to an activating group) is 1. The highest BCUT2D eigenvalue weighted by molar-refractivity contribution is 7.10. The number of urea groups is 1. The number of halogens is 1. The van der Waals surface area contributed by atoms with Crippen molar-refractivity contribution >= 4 is 17.4 Å². The molecule has 0 aliphatic carbocycles. The number of amides is 2. The van der Waals surface area contributed by atoms with Crippen LogP contribution in [0, 0.1) is 5.82 Å². The summed E-state index contributed by atoms with van der Waals surface area (Å²) in [6.45, 7) is 2.45. The van der Waals surface area contributed by atoms with Crippen LogP contribution in [0.4, 0.5) is 9.18 Å². The SMILES string of the molecule is CCC(NC(=O)NCC(c1cccc(F)c1)N(C)C)c1cccs1. The molecule has 0 aliphatic rings. The molecule has 2 atom stereocenters. The standard InChI is InChI=1S/C18H24FN3OS/c1-4-15(17-9-6-10-24-17)21-18(23)20-12-16(22(2)3)13-7-5-8-14(19)11-13/h5-11,15-16H,4,12H2,1-3H3,(H2,20,21,23). The molecule has 130 valence electrons. The lowest BCUT2D eigenvalue weighted by atomic mass is 10.1. The molecule has 2 unspecified atom stereocenters. The highest BCUT2D eigenvalue weighted by atomic mass is 32.1. The minimum absolute atomic E-state index is 0.0111. The van der Waals surface area contributed by atoms with E-state index in [2.05, 4.69) is 10.6 Å². The summed E-state index contributed by atoms with van der Waals surface area (Å²) in [5, 5.41) is 7.90. The van der Waals surface area contributed by atoms with E-state index in [4.69, 9.17) is 0 Å². The molecule has 2 N–H and O–H groups in total. The van der Waals surface area contributed by atoms with E-state index in [1.807, 2.05) is 49.5 Å². The van der Waals surface area contributed by atoms with Crippen molar-refractivity contribution in [3.63, 3.8) is 0 Å². The van der Waals surface area contributed by atoms with Crippen LogP contribution >= 0.6 is 11.3 Å². The molecule has 1 aromatic carbocycles. The van der Waals surface area contributed by atoms with Gasteiger partial charge in [-0.3, -0.25) is 0 Å². The Kier molecular flexibility index (Phi) is 6.75. The Labute approximate surface area is 146 Å². The Morgan fingerprint density at radius 2 is 2.08 bits per heavy atom. The van der Waals surface area contributed by atoms with E-state index in [1.165, 1.54) is 12.1 Å². The van der Waals surface area contributed by atoms with Gasteiger partial charge in [-0.25, -0.2) is 9.18 Å². The lowest BCUT2D eigenvalue weighted by Gasteiger charge is -2.26. The Morgan fingerprint density at radius 3 is 2.67 bits per heavy atom. The van der Waals surface area contributed by atoms with Crippen molar-refractivity contribution in [2.24, 2.45) is 0 Å². The molecule has 0 saturated heterocycles. The molecule has 2 aromatic rings. The zero-order valence-electron chi connectivity index (χ0n) is 14.3. The molecule has 1 heterocycles. The Morgan fingerprint density at radius 1 is 1.29 bits per heavy atom. The maximum absolute atomic E-state index is 13.4. The first-order valence-electron chi connectivity index (χ1n) is 8.01. The van der Waals surface area contributed by atoms with Gasteiger partial charge in [-0.15, -0.1) is 11.3 Å². The highest BCUT2D eigenvalue weighted by Gasteiger charge is 2.18. The molecule has 0 saturated carbocycles. The van der Waals surface area contributed by atoms with Crippen molar-refractivity contribution < 1.29 is 9.18 Å². The fourth-order valence-electron chi connectivity index (χ4n) is 2.57. The summed E-state index contributed by atoms with van der Waals surface area (Å²) in [6, 6.07) is 10.2. The number of nitrogens with zero attached hydrogens (tertiary/aromatic N) is 1. The zero-order chi connectivity index (χ0) is 17.5. The number of carbonyl (C=O) groups excluding carboxylic acids is 1. The van der Waals surface area contributed by atoms with Gasteiger partial charge in [-0.05, 0) is 49.7 Å². The van der Waals surface area contributed by atoms with Gasteiger partial charge in [0.05, 0.1) is 12.1 Å². The van der Waals surface area contributed by atoms with Crippen LogP contribution in [0.3, 0.4) is 0 Å². The van der Waals surface area contributed by atoms with Crippen LogP contribution in [0.1, 0.15) is 35.9 Å². The fourth-order valence-corrected chi connectivity index (χ4v) is 3.44. The normalized spacial score (nSPS) is 13.5. The van der Waals surface area contributed by atoms with Gasteiger partial charge < -0.3 is 15.5 Å². The maximum atomic E-state index is 13.4. The molecule has 0 radical (unpaired) electrons. The van der Waals surface area contributed by atoms with Crippen LogP contribution in [0.5, 0.6) is 0 Å². The molecular weight excluding hydrogens is 325 g/mol. The number of hydrogen-bond acceptors (Lipinski definition) is 3. The monoisotopic (exact) mass is 349 g/mol. The highest BCUT2D eigenvalue weighted by Crippen LogP contribution is 2.22. The van der Waals surface area contributed by atoms with Crippen molar-refractivity contribution in [2.45, 2.75) is 25.4 Å². The summed E-state index contributed by atoms with van der Waals surface area (Å²) in [5.41, 5.74) is 0.839. The lowest BCUT2D eigenvalue weighted by Crippen LogP contribution is -2.41. The van der Waals surface area contributed by atoms with Gasteiger partial charge in [-0.1, -0.05) is 25.1 Å². The van der Waals surface area contributed by atoms with Crippen LogP contribution in [-0.4, -0.2) is 31.6 Å². The summed E-state index contributed by atoms with van der Waals surface area (Å²) < 4.78 is 13.4. The van der Waals surface area contributed by atoms with E-state index in [9.17, 15) is 9.18 Å². The number of nitrogens with one attached hydrogen (secondary N) is 2. The van der Waals surface area contributed by atoms with E-state index >= 15 is 0 Å². The van der Waals surface area contributed by atoms with Gasteiger partial charge in [0.15, 0.2) is 0 Å². The van der Waals surface area contributed by atoms with Gasteiger partial charge in [0.1, 0.15) is 5.82 Å². The predicted octanol–water partition coefficient (Wildman–Crippen LogP) is 3.94. The van der Waals surface area contributed by atoms with Crippen molar-refractivity contribution in [3.8, 4) is 0 Å². The molecule has 24 heavy (non-hydrogen) atoms. The summed E-state index contributed by atoms with van der Waals surface area (Å²) in [5.74, 6) is -0.271. The summed E-state index contributed by atoms with van der Waals surface area (Å²) in [4.78, 5) is 15.3. The summed E-state index contributed by atoms with van der Waals surface area (Å²) >= 11 is 1.63. The third-order valence-corrected chi connectivity index (χ3v) is 4.90. The summed E-state index contributed by atoms with van der Waals surface area (Å²) in [7, 11) is 3.82. The second kappa shape index (κ2) is 8.80. The average molecular weight is 349 g/mol. The largest absolute Gasteiger partial charge is 0.336 e. The van der Waals surface area contributed by atoms with Gasteiger partial charge in [-0.2, -0.15) is 0 Å². The van der Waals surface area contributed by atoms with Crippen LogP contribution in [0.25, 0.3) is 0 Å². The van der Waals surface area contributed by atoms with Gasteiger partial charge in [0, 0.05) is 11.4 Å². The molecule has 6 heteroatoms. The average Bonchev–Trinajstić information content (AvgIpc) is 3.07. The summed E-state index contributed by atoms with van der Waals surface area (Å²) in [6.07, 6.45) is 0.828. The first kappa shape index (κ1) is 18.4. The minimum atomic E-state index is -0.271. The third-order valence-electron chi connectivity index (χ3n) is 3.91. The van der Waals surface area contributed by atoms with E-state index in [0.29, 0.717) is 6.54 Å². The topological polar surface area (TPSA) is 44.4 Å². The number of benzene rings is 1. The van der Waals surface area contributed by atoms with Crippen LogP contribution in [0.15, 0.2) is 41.8 Å². The van der Waals surface area contributed by atoms with Crippen LogP contribution in [0.2, 0.25) is 0 Å². The number of carbonyl (C=O) groups is 1. The van der Waals surface area contributed by atoms with Crippen molar-refractivity contribution in [1.29, 1.82) is 0 Å². The van der Waals surface area contributed by atoms with Gasteiger partial charge >= 0.3 is 6.03 Å². The van der Waals surface area contributed by atoms with Crippen molar-refractivity contribution in [2.75, 3.05) is 20.6 Å². The Bertz CT molecular complexity index is 645. The fraction of sp³-hybridized carbons (Fsp3) is 0.389. The van der Waals surface area contributed by atoms with Crippen LogP contribution < -0.4 is 10.6 Å². The van der Waals surface area contributed by atoms with E-state index in [1.54, 1.807) is 17.4 Å². The second-order valence-corrected chi connectivity index (χ2v) is 6.84. The Balaban J connectivity index is 1.95. The lowest BCUT2D eigenvalue weighted by molar-refractivity contribution is 0.229. The van der Waals surface area contributed by atoms with E-state index < -0.39 is 0 Å². The molecule has 0 aliphatic heterocycles. The minimum Gasteiger partial charge on any atom is -0.336 e. The first-order chi connectivity index (χ1) is 11.5. The first-order valence-corrected chi connectivity index (χ1v) is 8.89. The number of hydrogen-bond donors (Lipinski definition) is 2. The molecule has 2 rings (SSSR count). The third kappa shape index (κ3) is 5.04. The zero-order valence-corrected chi connectivity index (χ0v) is 15.1. The molecule has 4 nitrogen and oxygen atoms in total. The van der Waals surface area contributed by atoms with E-state index in [-0.39, 0.29) is 23.9 Å². The predicted molar refractivity (Wildman–Crippen MR) is 96.7 cm³/mol. The van der Waals surface area contributed by atoms with Crippen molar-refractivity contribution in [1.82, 2.24) is 15.5 Å². The molecular formula is C18H24FN3OS.